The Hall–Kier alpha value is -4.00. The first kappa shape index (κ1) is 29.1. The van der Waals surface area contributed by atoms with Gasteiger partial charge in [0.25, 0.3) is 10.0 Å². The van der Waals surface area contributed by atoms with Crippen LogP contribution < -0.4 is 20.1 Å². The summed E-state index contributed by atoms with van der Waals surface area (Å²) in [5, 5.41) is 7.04. The van der Waals surface area contributed by atoms with Gasteiger partial charge in [0, 0.05) is 35.3 Å². The van der Waals surface area contributed by atoms with E-state index in [0.717, 1.165) is 25.9 Å². The molecule has 1 aromatic heterocycles. The largest absolute Gasteiger partial charge is 0.487 e. The van der Waals surface area contributed by atoms with E-state index in [4.69, 9.17) is 21.1 Å². The maximum atomic E-state index is 15.9. The van der Waals surface area contributed by atoms with Gasteiger partial charge in [0.15, 0.2) is 6.10 Å². The lowest BCUT2D eigenvalue weighted by atomic mass is 9.97. The molecule has 0 radical (unpaired) electrons. The van der Waals surface area contributed by atoms with Gasteiger partial charge in [-0.3, -0.25) is 9.52 Å². The van der Waals surface area contributed by atoms with E-state index in [-0.39, 0.29) is 45.0 Å². The number of anilines is 2. The topological polar surface area (TPSA) is 132 Å². The van der Waals surface area contributed by atoms with Crippen molar-refractivity contribution in [3.63, 3.8) is 0 Å². The van der Waals surface area contributed by atoms with Crippen LogP contribution >= 0.6 is 11.6 Å². The second-order valence-corrected chi connectivity index (χ2v) is 12.6. The zero-order chi connectivity index (χ0) is 30.3. The quantitative estimate of drug-likeness (QED) is 0.232. The SMILES string of the molecule is CC(=O)O[C@@H]1COc2c1cc(Cl)cc2S(=O)(=O)Nc1cccc(-c2ccc3nc(NC4CCNCC4)ncc3c2F)c1C. The molecule has 43 heavy (non-hydrogen) atoms. The molecule has 13 heteroatoms. The third-order valence-electron chi connectivity index (χ3n) is 7.61. The van der Waals surface area contributed by atoms with Crippen LogP contribution in [0.3, 0.4) is 0 Å². The van der Waals surface area contributed by atoms with Crippen LogP contribution in [0.5, 0.6) is 5.75 Å². The predicted molar refractivity (Wildman–Crippen MR) is 161 cm³/mol. The summed E-state index contributed by atoms with van der Waals surface area (Å²) in [4.78, 5) is 20.2. The maximum Gasteiger partial charge on any atom is 0.303 e. The standard InChI is InChI=1S/C30H29ClFN5O5S/c1-16-20(21-6-7-25-23(28(21)32)14-34-30(36-25)35-19-8-10-33-11-9-19)4-3-5-24(16)37-43(39,40)27-13-18(31)12-22-26(42-17(2)38)15-41-29(22)27/h3-7,12-14,19,26,33,37H,8-11,15H2,1-2H3,(H,34,35,36)/t26-/m1/s1. The minimum atomic E-state index is -4.22. The lowest BCUT2D eigenvalue weighted by Crippen LogP contribution is -2.35. The molecule has 1 fully saturated rings. The van der Waals surface area contributed by atoms with Crippen LogP contribution in [0.15, 0.2) is 53.6 Å². The monoisotopic (exact) mass is 625 g/mol. The van der Waals surface area contributed by atoms with Crippen LogP contribution in [0.1, 0.15) is 37.0 Å². The molecule has 224 valence electrons. The highest BCUT2D eigenvalue weighted by Crippen LogP contribution is 2.43. The lowest BCUT2D eigenvalue weighted by molar-refractivity contribution is -0.147. The van der Waals surface area contributed by atoms with Crippen LogP contribution in [-0.2, 0) is 19.6 Å². The summed E-state index contributed by atoms with van der Waals surface area (Å²) in [7, 11) is -4.22. The van der Waals surface area contributed by atoms with Gasteiger partial charge >= 0.3 is 5.97 Å². The number of nitrogens with zero attached hydrogens (tertiary/aromatic N) is 2. The van der Waals surface area contributed by atoms with Crippen molar-refractivity contribution in [2.24, 2.45) is 0 Å². The van der Waals surface area contributed by atoms with Crippen LogP contribution in [-0.4, -0.2) is 50.1 Å². The number of aromatic nitrogens is 2. The van der Waals surface area contributed by atoms with E-state index in [0.29, 0.717) is 28.2 Å². The zero-order valence-corrected chi connectivity index (χ0v) is 25.0. The van der Waals surface area contributed by atoms with Gasteiger partial charge in [0.1, 0.15) is 23.1 Å². The fourth-order valence-electron chi connectivity index (χ4n) is 5.46. The third-order valence-corrected chi connectivity index (χ3v) is 9.20. The number of sulfonamides is 1. The molecule has 2 aliphatic heterocycles. The average molecular weight is 626 g/mol. The predicted octanol–water partition coefficient (Wildman–Crippen LogP) is 5.36. The number of hydrogen-bond donors (Lipinski definition) is 3. The number of esters is 1. The Balaban J connectivity index is 1.30. The van der Waals surface area contributed by atoms with Gasteiger partial charge in [0.2, 0.25) is 5.95 Å². The number of carbonyl (C=O) groups is 1. The minimum Gasteiger partial charge on any atom is -0.487 e. The molecular weight excluding hydrogens is 597 g/mol. The summed E-state index contributed by atoms with van der Waals surface area (Å²) in [6.45, 7) is 4.77. The van der Waals surface area contributed by atoms with Gasteiger partial charge in [0.05, 0.1) is 16.6 Å². The van der Waals surface area contributed by atoms with Crippen molar-refractivity contribution in [1.82, 2.24) is 15.3 Å². The van der Waals surface area contributed by atoms with E-state index in [1.165, 1.54) is 25.3 Å². The summed E-state index contributed by atoms with van der Waals surface area (Å²) in [5.74, 6) is -0.522. The summed E-state index contributed by atoms with van der Waals surface area (Å²) >= 11 is 6.25. The van der Waals surface area contributed by atoms with Gasteiger partial charge in [-0.15, -0.1) is 0 Å². The normalized spacial score (nSPS) is 16.9. The van der Waals surface area contributed by atoms with Crippen molar-refractivity contribution in [2.45, 2.75) is 43.7 Å². The first-order chi connectivity index (χ1) is 20.6. The van der Waals surface area contributed by atoms with Crippen molar-refractivity contribution >= 4 is 50.1 Å². The van der Waals surface area contributed by atoms with E-state index in [1.54, 1.807) is 37.3 Å². The van der Waals surface area contributed by atoms with Gasteiger partial charge in [-0.2, -0.15) is 0 Å². The molecule has 2 aliphatic rings. The number of rotatable bonds is 7. The van der Waals surface area contributed by atoms with Crippen LogP contribution in [0.25, 0.3) is 22.0 Å². The van der Waals surface area contributed by atoms with Gasteiger partial charge < -0.3 is 20.1 Å². The summed E-state index contributed by atoms with van der Waals surface area (Å²) < 4.78 is 56.5. The molecule has 0 aliphatic carbocycles. The number of hydrogen-bond acceptors (Lipinski definition) is 9. The molecule has 3 N–H and O–H groups in total. The average Bonchev–Trinajstić information content (AvgIpc) is 3.36. The Morgan fingerprint density at radius 3 is 2.72 bits per heavy atom. The first-order valence-corrected chi connectivity index (χ1v) is 15.7. The summed E-state index contributed by atoms with van der Waals surface area (Å²) in [6, 6.07) is 11.3. The molecule has 0 unspecified atom stereocenters. The second-order valence-electron chi connectivity index (χ2n) is 10.5. The van der Waals surface area contributed by atoms with Crippen LogP contribution in [0.4, 0.5) is 16.0 Å². The highest BCUT2D eigenvalue weighted by atomic mass is 35.5. The van der Waals surface area contributed by atoms with E-state index in [9.17, 15) is 13.2 Å². The van der Waals surface area contributed by atoms with E-state index >= 15 is 4.39 Å². The fraction of sp³-hybridized carbons (Fsp3) is 0.300. The van der Waals surface area contributed by atoms with E-state index in [1.807, 2.05) is 0 Å². The molecule has 3 heterocycles. The molecule has 10 nitrogen and oxygen atoms in total. The van der Waals surface area contributed by atoms with Gasteiger partial charge in [-0.25, -0.2) is 22.8 Å². The van der Waals surface area contributed by atoms with Crippen LogP contribution in [0.2, 0.25) is 5.02 Å². The van der Waals surface area contributed by atoms with Crippen molar-refractivity contribution in [2.75, 3.05) is 29.7 Å². The Kier molecular flexibility index (Phi) is 7.84. The molecule has 3 aromatic carbocycles. The Labute approximate surface area is 253 Å². The molecule has 1 saturated heterocycles. The Bertz CT molecular complexity index is 1850. The number of halogens is 2. The summed E-state index contributed by atoms with van der Waals surface area (Å²) in [5.41, 5.74) is 2.36. The van der Waals surface area contributed by atoms with E-state index < -0.39 is 27.9 Å². The number of nitrogens with one attached hydrogen (secondary N) is 3. The second kappa shape index (κ2) is 11.6. The first-order valence-electron chi connectivity index (χ1n) is 13.8. The summed E-state index contributed by atoms with van der Waals surface area (Å²) in [6.07, 6.45) is 2.60. The van der Waals surface area contributed by atoms with Crippen molar-refractivity contribution in [3.05, 3.63) is 70.6 Å². The number of fused-ring (bicyclic) bond motifs is 2. The molecule has 0 saturated carbocycles. The van der Waals surface area contributed by atoms with Gasteiger partial charge in [-0.05, 0) is 74.3 Å². The highest BCUT2D eigenvalue weighted by Gasteiger charge is 2.34. The van der Waals surface area contributed by atoms with Crippen molar-refractivity contribution in [1.29, 1.82) is 0 Å². The van der Waals surface area contributed by atoms with Crippen molar-refractivity contribution in [3.8, 4) is 16.9 Å². The fourth-order valence-corrected chi connectivity index (χ4v) is 7.08. The third kappa shape index (κ3) is 5.82. The molecule has 1 atom stereocenters. The molecule has 0 amide bonds. The molecular formula is C30H29ClFN5O5S. The molecule has 0 spiro atoms. The Morgan fingerprint density at radius 2 is 1.95 bits per heavy atom. The van der Waals surface area contributed by atoms with Gasteiger partial charge in [-0.1, -0.05) is 23.7 Å². The maximum absolute atomic E-state index is 15.9. The molecule has 6 rings (SSSR count). The minimum absolute atomic E-state index is 0.0349. The highest BCUT2D eigenvalue weighted by molar-refractivity contribution is 7.92. The number of piperidine rings is 1. The molecule has 0 bridgehead atoms. The van der Waals surface area contributed by atoms with Crippen molar-refractivity contribution < 1.29 is 27.1 Å². The molecule has 4 aromatic rings. The Morgan fingerprint density at radius 1 is 1.16 bits per heavy atom. The zero-order valence-electron chi connectivity index (χ0n) is 23.4. The van der Waals surface area contributed by atoms with Crippen LogP contribution in [0, 0.1) is 12.7 Å². The number of benzene rings is 3. The number of ether oxygens (including phenoxy) is 2. The lowest BCUT2D eigenvalue weighted by Gasteiger charge is -2.23. The van der Waals surface area contributed by atoms with E-state index in [2.05, 4.69) is 25.3 Å². The number of carbonyl (C=O) groups excluding carboxylic acids is 1. The smallest absolute Gasteiger partial charge is 0.303 e.